The van der Waals surface area contributed by atoms with E-state index in [0.29, 0.717) is 11.3 Å². The van der Waals surface area contributed by atoms with E-state index in [1.54, 1.807) is 12.1 Å². The first-order chi connectivity index (χ1) is 9.63. The predicted molar refractivity (Wildman–Crippen MR) is 79.6 cm³/mol. The minimum absolute atomic E-state index is 0.0627. The number of hydrogen-bond donors (Lipinski definition) is 1. The number of nitrogens with zero attached hydrogens (tertiary/aromatic N) is 1. The van der Waals surface area contributed by atoms with Crippen molar-refractivity contribution in [2.24, 2.45) is 5.73 Å². The first-order valence-corrected chi connectivity index (χ1v) is 6.68. The molecule has 0 saturated carbocycles. The van der Waals surface area contributed by atoms with Gasteiger partial charge in [-0.25, -0.2) is 0 Å². The van der Waals surface area contributed by atoms with Crippen LogP contribution in [0.25, 0.3) is 0 Å². The summed E-state index contributed by atoms with van der Waals surface area (Å²) in [5.41, 5.74) is 8.67. The Labute approximate surface area is 119 Å². The van der Waals surface area contributed by atoms with Crippen LogP contribution in [-0.2, 0) is 0 Å². The Morgan fingerprint density at radius 1 is 1.20 bits per heavy atom. The number of hydrogen-bond acceptors (Lipinski definition) is 3. The summed E-state index contributed by atoms with van der Waals surface area (Å²) >= 11 is 0. The van der Waals surface area contributed by atoms with Gasteiger partial charge in [-0.05, 0) is 48.7 Å². The van der Waals surface area contributed by atoms with Crippen LogP contribution in [0.15, 0.2) is 42.5 Å². The molecule has 0 amide bonds. The lowest BCUT2D eigenvalue weighted by atomic mass is 10.1. The molecule has 1 unspecified atom stereocenters. The van der Waals surface area contributed by atoms with Gasteiger partial charge in [0, 0.05) is 6.04 Å². The monoisotopic (exact) mass is 266 g/mol. The van der Waals surface area contributed by atoms with E-state index in [4.69, 9.17) is 15.7 Å². The fourth-order valence-electron chi connectivity index (χ4n) is 1.93. The van der Waals surface area contributed by atoms with Gasteiger partial charge in [0.05, 0.1) is 11.6 Å². The third-order valence-electron chi connectivity index (χ3n) is 3.29. The summed E-state index contributed by atoms with van der Waals surface area (Å²) < 4.78 is 5.83. The average molecular weight is 266 g/mol. The maximum absolute atomic E-state index is 8.92. The second-order valence-corrected chi connectivity index (χ2v) is 4.78. The average Bonchev–Trinajstić information content (AvgIpc) is 2.49. The third kappa shape index (κ3) is 3.17. The zero-order valence-electron chi connectivity index (χ0n) is 11.8. The highest BCUT2D eigenvalue weighted by atomic mass is 16.5. The molecule has 0 bridgehead atoms. The van der Waals surface area contributed by atoms with Gasteiger partial charge >= 0.3 is 0 Å². The Kier molecular flexibility index (Phi) is 4.39. The molecule has 0 fully saturated rings. The fraction of sp³-hybridized carbons (Fsp3) is 0.235. The lowest BCUT2D eigenvalue weighted by Crippen LogP contribution is -2.08. The fourth-order valence-corrected chi connectivity index (χ4v) is 1.93. The van der Waals surface area contributed by atoms with E-state index in [2.05, 4.69) is 13.0 Å². The summed E-state index contributed by atoms with van der Waals surface area (Å²) in [6, 6.07) is 15.4. The lowest BCUT2D eigenvalue weighted by molar-refractivity contribution is 0.478. The number of rotatable bonds is 4. The molecule has 2 aromatic rings. The zero-order valence-corrected chi connectivity index (χ0v) is 11.8. The van der Waals surface area contributed by atoms with Gasteiger partial charge in [-0.15, -0.1) is 0 Å². The van der Waals surface area contributed by atoms with Crippen LogP contribution in [-0.4, -0.2) is 0 Å². The van der Waals surface area contributed by atoms with Crippen molar-refractivity contribution in [2.45, 2.75) is 26.3 Å². The largest absolute Gasteiger partial charge is 0.457 e. The molecule has 0 aromatic heterocycles. The molecule has 0 spiro atoms. The van der Waals surface area contributed by atoms with E-state index in [0.717, 1.165) is 23.3 Å². The van der Waals surface area contributed by atoms with Crippen LogP contribution in [0, 0.1) is 18.3 Å². The molecule has 3 nitrogen and oxygen atoms in total. The Hall–Kier alpha value is -2.31. The van der Waals surface area contributed by atoms with Gasteiger partial charge < -0.3 is 10.5 Å². The van der Waals surface area contributed by atoms with Crippen molar-refractivity contribution in [3.63, 3.8) is 0 Å². The summed E-state index contributed by atoms with van der Waals surface area (Å²) in [6.45, 7) is 4.02. The number of aryl methyl sites for hydroxylation is 1. The lowest BCUT2D eigenvalue weighted by Gasteiger charge is -2.12. The van der Waals surface area contributed by atoms with E-state index in [-0.39, 0.29) is 6.04 Å². The SMILES string of the molecule is CCC(N)c1ccc(Oc2cc(C#N)ccc2C)cc1. The van der Waals surface area contributed by atoms with Crippen LogP contribution in [0.4, 0.5) is 0 Å². The molecule has 0 saturated heterocycles. The normalized spacial score (nSPS) is 11.7. The van der Waals surface area contributed by atoms with Crippen LogP contribution in [0.1, 0.15) is 36.1 Å². The van der Waals surface area contributed by atoms with Crippen molar-refractivity contribution in [2.75, 3.05) is 0 Å². The smallest absolute Gasteiger partial charge is 0.131 e. The Morgan fingerprint density at radius 2 is 1.90 bits per heavy atom. The maximum Gasteiger partial charge on any atom is 0.131 e. The molecule has 2 rings (SSSR count). The Balaban J connectivity index is 2.20. The van der Waals surface area contributed by atoms with Crippen molar-refractivity contribution in [1.82, 2.24) is 0 Å². The summed E-state index contributed by atoms with van der Waals surface area (Å²) in [5, 5.41) is 8.92. The van der Waals surface area contributed by atoms with Crippen LogP contribution in [0.5, 0.6) is 11.5 Å². The van der Waals surface area contributed by atoms with Gasteiger partial charge in [-0.3, -0.25) is 0 Å². The molecule has 2 N–H and O–H groups in total. The van der Waals surface area contributed by atoms with E-state index in [1.807, 2.05) is 37.3 Å². The van der Waals surface area contributed by atoms with Crippen molar-refractivity contribution < 1.29 is 4.74 Å². The molecule has 102 valence electrons. The number of benzene rings is 2. The second-order valence-electron chi connectivity index (χ2n) is 4.78. The van der Waals surface area contributed by atoms with Crippen LogP contribution in [0.3, 0.4) is 0 Å². The highest BCUT2D eigenvalue weighted by Gasteiger charge is 2.06. The molecule has 0 heterocycles. The standard InChI is InChI=1S/C17H18N2O/c1-3-16(19)14-6-8-15(9-7-14)20-17-10-13(11-18)5-4-12(17)2/h4-10,16H,3,19H2,1-2H3. The quantitative estimate of drug-likeness (QED) is 0.907. The van der Waals surface area contributed by atoms with Gasteiger partial charge in [0.1, 0.15) is 11.5 Å². The number of nitrogens with two attached hydrogens (primary N) is 1. The molecule has 0 aliphatic rings. The summed E-state index contributed by atoms with van der Waals surface area (Å²) in [7, 11) is 0. The zero-order chi connectivity index (χ0) is 14.5. The molecule has 3 heteroatoms. The summed E-state index contributed by atoms with van der Waals surface area (Å²) in [4.78, 5) is 0. The van der Waals surface area contributed by atoms with Crippen molar-refractivity contribution in [3.8, 4) is 17.6 Å². The van der Waals surface area contributed by atoms with E-state index in [9.17, 15) is 0 Å². The molecular formula is C17H18N2O. The van der Waals surface area contributed by atoms with Crippen molar-refractivity contribution in [1.29, 1.82) is 5.26 Å². The predicted octanol–water partition coefficient (Wildman–Crippen LogP) is 4.07. The van der Waals surface area contributed by atoms with Crippen LogP contribution in [0.2, 0.25) is 0 Å². The third-order valence-corrected chi connectivity index (χ3v) is 3.29. The number of ether oxygens (including phenoxy) is 1. The van der Waals surface area contributed by atoms with E-state index in [1.165, 1.54) is 0 Å². The van der Waals surface area contributed by atoms with Crippen molar-refractivity contribution >= 4 is 0 Å². The van der Waals surface area contributed by atoms with Gasteiger partial charge in [0.2, 0.25) is 0 Å². The minimum atomic E-state index is 0.0627. The van der Waals surface area contributed by atoms with Gasteiger partial charge in [0.15, 0.2) is 0 Å². The van der Waals surface area contributed by atoms with Gasteiger partial charge in [-0.1, -0.05) is 25.1 Å². The first kappa shape index (κ1) is 14.1. The summed E-state index contributed by atoms with van der Waals surface area (Å²) in [6.07, 6.45) is 0.906. The molecule has 1 atom stereocenters. The van der Waals surface area contributed by atoms with Gasteiger partial charge in [0.25, 0.3) is 0 Å². The van der Waals surface area contributed by atoms with E-state index >= 15 is 0 Å². The maximum atomic E-state index is 8.92. The summed E-state index contributed by atoms with van der Waals surface area (Å²) in [5.74, 6) is 1.45. The number of nitriles is 1. The molecular weight excluding hydrogens is 248 g/mol. The molecule has 0 aliphatic carbocycles. The van der Waals surface area contributed by atoms with E-state index < -0.39 is 0 Å². The van der Waals surface area contributed by atoms with Gasteiger partial charge in [-0.2, -0.15) is 5.26 Å². The Bertz CT molecular complexity index is 626. The topological polar surface area (TPSA) is 59.0 Å². The molecule has 2 aromatic carbocycles. The van der Waals surface area contributed by atoms with Crippen molar-refractivity contribution in [3.05, 3.63) is 59.2 Å². The minimum Gasteiger partial charge on any atom is -0.457 e. The van der Waals surface area contributed by atoms with Crippen LogP contribution >= 0.6 is 0 Å². The molecule has 0 aliphatic heterocycles. The first-order valence-electron chi connectivity index (χ1n) is 6.68. The Morgan fingerprint density at radius 3 is 2.50 bits per heavy atom. The van der Waals surface area contributed by atoms with Crippen LogP contribution < -0.4 is 10.5 Å². The highest BCUT2D eigenvalue weighted by molar-refractivity contribution is 5.44. The highest BCUT2D eigenvalue weighted by Crippen LogP contribution is 2.27. The molecule has 0 radical (unpaired) electrons. The molecule has 20 heavy (non-hydrogen) atoms. The second kappa shape index (κ2) is 6.23.